The second-order valence-electron chi connectivity index (χ2n) is 5.58. The first-order valence-corrected chi connectivity index (χ1v) is 7.88. The topological polar surface area (TPSA) is 66.4 Å². The molecule has 2 N–H and O–H groups in total. The summed E-state index contributed by atoms with van der Waals surface area (Å²) in [7, 11) is 0. The third-order valence-electron chi connectivity index (χ3n) is 3.94. The highest BCUT2D eigenvalue weighted by atomic mass is 32.1. The lowest BCUT2D eigenvalue weighted by atomic mass is 9.81. The summed E-state index contributed by atoms with van der Waals surface area (Å²) in [5, 5.41) is 12.1. The van der Waals surface area contributed by atoms with Crippen molar-refractivity contribution in [1.82, 2.24) is 5.32 Å². The van der Waals surface area contributed by atoms with Crippen LogP contribution in [0.2, 0.25) is 0 Å². The van der Waals surface area contributed by atoms with Crippen LogP contribution >= 0.6 is 11.3 Å². The zero-order chi connectivity index (χ0) is 14.7. The average Bonchev–Trinajstić information content (AvgIpc) is 2.85. The van der Waals surface area contributed by atoms with E-state index in [4.69, 9.17) is 5.11 Å². The van der Waals surface area contributed by atoms with Crippen LogP contribution in [0.1, 0.15) is 48.4 Å². The number of carbonyl (C=O) groups is 2. The summed E-state index contributed by atoms with van der Waals surface area (Å²) in [4.78, 5) is 25.7. The standard InChI is InChI=1S/C15H21NO3S/c1-9-6-7-13(20-9)10(2)16-14(17)11-4-3-5-12(8-11)15(18)19/h6-7,10-12H,3-5,8H2,1-2H3,(H,16,17)(H,18,19). The van der Waals surface area contributed by atoms with Gasteiger partial charge in [0.2, 0.25) is 5.91 Å². The number of nitrogens with one attached hydrogen (secondary N) is 1. The van der Waals surface area contributed by atoms with E-state index in [2.05, 4.69) is 5.32 Å². The number of carboxylic acids is 1. The van der Waals surface area contributed by atoms with E-state index < -0.39 is 5.97 Å². The fraction of sp³-hybridized carbons (Fsp3) is 0.600. The first kappa shape index (κ1) is 15.0. The minimum atomic E-state index is -0.774. The summed E-state index contributed by atoms with van der Waals surface area (Å²) in [5.74, 6) is -1.30. The maximum absolute atomic E-state index is 12.3. The summed E-state index contributed by atoms with van der Waals surface area (Å²) >= 11 is 1.68. The normalized spacial score (nSPS) is 24.1. The molecular weight excluding hydrogens is 274 g/mol. The van der Waals surface area contributed by atoms with Crippen LogP contribution in [0, 0.1) is 18.8 Å². The first-order chi connectivity index (χ1) is 9.47. The van der Waals surface area contributed by atoms with E-state index >= 15 is 0 Å². The van der Waals surface area contributed by atoms with E-state index in [0.717, 1.165) is 17.7 Å². The molecule has 1 aromatic rings. The van der Waals surface area contributed by atoms with E-state index in [1.807, 2.05) is 26.0 Å². The van der Waals surface area contributed by atoms with Gasteiger partial charge < -0.3 is 10.4 Å². The third-order valence-corrected chi connectivity index (χ3v) is 5.12. The fourth-order valence-corrected chi connectivity index (χ4v) is 3.62. The number of hydrogen-bond donors (Lipinski definition) is 2. The number of carbonyl (C=O) groups excluding carboxylic acids is 1. The maximum Gasteiger partial charge on any atom is 0.306 e. The number of aryl methyl sites for hydroxylation is 1. The molecule has 1 amide bonds. The Morgan fingerprint density at radius 2 is 2.05 bits per heavy atom. The van der Waals surface area contributed by atoms with Crippen LogP contribution in [-0.4, -0.2) is 17.0 Å². The zero-order valence-electron chi connectivity index (χ0n) is 11.9. The predicted molar refractivity (Wildman–Crippen MR) is 78.7 cm³/mol. The van der Waals surface area contributed by atoms with Gasteiger partial charge in [-0.25, -0.2) is 0 Å². The molecule has 0 aliphatic heterocycles. The van der Waals surface area contributed by atoms with Crippen LogP contribution in [-0.2, 0) is 9.59 Å². The highest BCUT2D eigenvalue weighted by molar-refractivity contribution is 7.12. The number of carboxylic acid groups (broad SMARTS) is 1. The lowest BCUT2D eigenvalue weighted by Gasteiger charge is -2.26. The lowest BCUT2D eigenvalue weighted by molar-refractivity contribution is -0.144. The summed E-state index contributed by atoms with van der Waals surface area (Å²) in [6.45, 7) is 4.02. The molecule has 3 atom stereocenters. The van der Waals surface area contributed by atoms with Crippen molar-refractivity contribution >= 4 is 23.2 Å². The summed E-state index contributed by atoms with van der Waals surface area (Å²) in [6, 6.07) is 4.07. The highest BCUT2D eigenvalue weighted by Gasteiger charge is 2.31. The molecule has 0 bridgehead atoms. The van der Waals surface area contributed by atoms with Crippen molar-refractivity contribution in [3.8, 4) is 0 Å². The van der Waals surface area contributed by atoms with Crippen molar-refractivity contribution in [3.63, 3.8) is 0 Å². The minimum absolute atomic E-state index is 0.00509. The Kier molecular flexibility index (Phi) is 4.81. The third kappa shape index (κ3) is 3.60. The van der Waals surface area contributed by atoms with E-state index in [1.54, 1.807) is 11.3 Å². The molecule has 0 spiro atoms. The SMILES string of the molecule is Cc1ccc(C(C)NC(=O)C2CCCC(C(=O)O)C2)s1. The molecule has 0 aromatic carbocycles. The smallest absolute Gasteiger partial charge is 0.306 e. The number of amides is 1. The molecule has 4 nitrogen and oxygen atoms in total. The molecule has 1 heterocycles. The summed E-state index contributed by atoms with van der Waals surface area (Å²) < 4.78 is 0. The van der Waals surface area contributed by atoms with Crippen LogP contribution in [0.5, 0.6) is 0 Å². The molecule has 110 valence electrons. The van der Waals surface area contributed by atoms with Crippen LogP contribution in [0.3, 0.4) is 0 Å². The number of hydrogen-bond acceptors (Lipinski definition) is 3. The van der Waals surface area contributed by atoms with E-state index in [0.29, 0.717) is 12.8 Å². The van der Waals surface area contributed by atoms with Crippen molar-refractivity contribution in [2.45, 2.75) is 45.6 Å². The van der Waals surface area contributed by atoms with Gasteiger partial charge in [-0.2, -0.15) is 0 Å². The molecule has 2 rings (SSSR count). The molecule has 1 aromatic heterocycles. The van der Waals surface area contributed by atoms with Gasteiger partial charge in [0.05, 0.1) is 12.0 Å². The molecule has 1 fully saturated rings. The van der Waals surface area contributed by atoms with Gasteiger partial charge in [-0.1, -0.05) is 6.42 Å². The van der Waals surface area contributed by atoms with Crippen LogP contribution in [0.15, 0.2) is 12.1 Å². The Bertz CT molecular complexity index is 497. The molecule has 3 unspecified atom stereocenters. The van der Waals surface area contributed by atoms with Crippen molar-refractivity contribution in [2.24, 2.45) is 11.8 Å². The molecule has 1 aliphatic rings. The van der Waals surface area contributed by atoms with Gasteiger partial charge in [-0.15, -0.1) is 11.3 Å². The van der Waals surface area contributed by atoms with Gasteiger partial charge in [0.15, 0.2) is 0 Å². The Morgan fingerprint density at radius 3 is 2.65 bits per heavy atom. The van der Waals surface area contributed by atoms with Crippen molar-refractivity contribution in [2.75, 3.05) is 0 Å². The van der Waals surface area contributed by atoms with Crippen LogP contribution in [0.4, 0.5) is 0 Å². The summed E-state index contributed by atoms with van der Waals surface area (Å²) in [6.07, 6.45) is 2.78. The van der Waals surface area contributed by atoms with Gasteiger partial charge in [-0.05, 0) is 45.2 Å². The van der Waals surface area contributed by atoms with Gasteiger partial charge in [0.25, 0.3) is 0 Å². The van der Waals surface area contributed by atoms with Gasteiger partial charge in [0.1, 0.15) is 0 Å². The molecule has 5 heteroatoms. The monoisotopic (exact) mass is 295 g/mol. The highest BCUT2D eigenvalue weighted by Crippen LogP contribution is 2.30. The van der Waals surface area contributed by atoms with Gasteiger partial charge >= 0.3 is 5.97 Å². The van der Waals surface area contributed by atoms with E-state index in [-0.39, 0.29) is 23.8 Å². The van der Waals surface area contributed by atoms with Crippen LogP contribution < -0.4 is 5.32 Å². The van der Waals surface area contributed by atoms with Gasteiger partial charge in [0, 0.05) is 15.7 Å². The van der Waals surface area contributed by atoms with Crippen molar-refractivity contribution in [3.05, 3.63) is 21.9 Å². The van der Waals surface area contributed by atoms with E-state index in [9.17, 15) is 9.59 Å². The Morgan fingerprint density at radius 1 is 1.35 bits per heavy atom. The molecule has 20 heavy (non-hydrogen) atoms. The number of aliphatic carboxylic acids is 1. The zero-order valence-corrected chi connectivity index (χ0v) is 12.7. The lowest BCUT2D eigenvalue weighted by Crippen LogP contribution is -2.36. The Balaban J connectivity index is 1.92. The molecule has 0 saturated heterocycles. The molecule has 0 radical (unpaired) electrons. The van der Waals surface area contributed by atoms with E-state index in [1.165, 1.54) is 4.88 Å². The second-order valence-corrected chi connectivity index (χ2v) is 6.90. The van der Waals surface area contributed by atoms with Crippen molar-refractivity contribution < 1.29 is 14.7 Å². The fourth-order valence-electron chi connectivity index (χ4n) is 2.74. The number of rotatable bonds is 4. The number of thiophene rings is 1. The van der Waals surface area contributed by atoms with Crippen molar-refractivity contribution in [1.29, 1.82) is 0 Å². The Hall–Kier alpha value is -1.36. The molecule has 1 aliphatic carbocycles. The Labute approximate surface area is 123 Å². The van der Waals surface area contributed by atoms with Crippen LogP contribution in [0.25, 0.3) is 0 Å². The maximum atomic E-state index is 12.3. The quantitative estimate of drug-likeness (QED) is 0.897. The minimum Gasteiger partial charge on any atom is -0.481 e. The second kappa shape index (κ2) is 6.39. The summed E-state index contributed by atoms with van der Waals surface area (Å²) in [5.41, 5.74) is 0. The molecule has 1 saturated carbocycles. The predicted octanol–water partition coefficient (Wildman–Crippen LogP) is 3.12. The largest absolute Gasteiger partial charge is 0.481 e. The first-order valence-electron chi connectivity index (χ1n) is 7.07. The average molecular weight is 295 g/mol. The van der Waals surface area contributed by atoms with Gasteiger partial charge in [-0.3, -0.25) is 9.59 Å². The molecular formula is C15H21NO3S.